The molecule has 0 saturated heterocycles. The van der Waals surface area contributed by atoms with Crippen molar-refractivity contribution >= 4 is 14.5 Å². The van der Waals surface area contributed by atoms with Crippen LogP contribution in [0.15, 0.2) is 12.7 Å². The zero-order valence-corrected chi connectivity index (χ0v) is 13.4. The van der Waals surface area contributed by atoms with Crippen molar-refractivity contribution < 1.29 is 18.4 Å². The summed E-state index contributed by atoms with van der Waals surface area (Å²) in [5, 5.41) is 0. The Morgan fingerprint density at radius 1 is 1.44 bits per heavy atom. The second-order valence-electron chi connectivity index (χ2n) is 5.18. The zero-order valence-electron chi connectivity index (χ0n) is 12.4. The number of hydrogen-bond acceptors (Lipinski definition) is 4. The van der Waals surface area contributed by atoms with E-state index in [1.807, 2.05) is 20.4 Å². The summed E-state index contributed by atoms with van der Waals surface area (Å²) < 4.78 is 17.1. The van der Waals surface area contributed by atoms with E-state index in [0.29, 0.717) is 0 Å². The lowest BCUT2D eigenvalue weighted by Crippen LogP contribution is -2.49. The third-order valence-electron chi connectivity index (χ3n) is 2.16. The van der Waals surface area contributed by atoms with E-state index in [9.17, 15) is 4.79 Å². The molecular formula is C13H26O4Si. The molecule has 1 atom stereocenters. The van der Waals surface area contributed by atoms with Crippen molar-refractivity contribution in [2.24, 2.45) is 0 Å². The van der Waals surface area contributed by atoms with E-state index in [-0.39, 0.29) is 6.10 Å². The summed E-state index contributed by atoms with van der Waals surface area (Å²) in [6, 6.07) is 0.861. The van der Waals surface area contributed by atoms with Gasteiger partial charge in [0.2, 0.25) is 5.79 Å². The Morgan fingerprint density at radius 3 is 2.39 bits per heavy atom. The molecule has 0 spiro atoms. The fourth-order valence-electron chi connectivity index (χ4n) is 1.91. The quantitative estimate of drug-likeness (QED) is 0.294. The van der Waals surface area contributed by atoms with Gasteiger partial charge in [0.1, 0.15) is 0 Å². The molecule has 18 heavy (non-hydrogen) atoms. The first-order chi connectivity index (χ1) is 8.14. The van der Waals surface area contributed by atoms with Gasteiger partial charge in [0.25, 0.3) is 0 Å². The molecule has 0 saturated carbocycles. The van der Waals surface area contributed by atoms with Crippen molar-refractivity contribution in [3.05, 3.63) is 12.7 Å². The van der Waals surface area contributed by atoms with E-state index in [2.05, 4.69) is 13.5 Å². The maximum absolute atomic E-state index is 11.2. The molecule has 0 fully saturated rings. The molecule has 0 aromatic carbocycles. The van der Waals surface area contributed by atoms with Crippen molar-refractivity contribution in [1.82, 2.24) is 0 Å². The minimum absolute atomic E-state index is 0.0964. The molecule has 0 aliphatic heterocycles. The van der Waals surface area contributed by atoms with Crippen LogP contribution in [-0.2, 0) is 18.4 Å². The molecule has 0 aliphatic carbocycles. The number of ether oxygens (including phenoxy) is 1. The summed E-state index contributed by atoms with van der Waals surface area (Å²) in [5.41, 5.74) is 0. The second kappa shape index (κ2) is 7.06. The van der Waals surface area contributed by atoms with Crippen LogP contribution in [0.4, 0.5) is 0 Å². The molecule has 0 heterocycles. The standard InChI is InChI=1S/C13H26O4Si/c1-8-10-18(7,16-11(3)4)17-13(5,6)15-12(14)9-2/h9,11H,2,8,10H2,1,3-7H3. The predicted molar refractivity (Wildman–Crippen MR) is 74.4 cm³/mol. The molecule has 0 N–H and O–H groups in total. The van der Waals surface area contributed by atoms with E-state index < -0.39 is 20.3 Å². The lowest BCUT2D eigenvalue weighted by molar-refractivity contribution is -0.187. The summed E-state index contributed by atoms with van der Waals surface area (Å²) in [6.45, 7) is 14.9. The summed E-state index contributed by atoms with van der Waals surface area (Å²) in [7, 11) is -2.34. The molecule has 1 unspecified atom stereocenters. The molecule has 0 amide bonds. The van der Waals surface area contributed by atoms with Crippen molar-refractivity contribution in [1.29, 1.82) is 0 Å². The van der Waals surface area contributed by atoms with Gasteiger partial charge in [-0.15, -0.1) is 0 Å². The van der Waals surface area contributed by atoms with Crippen LogP contribution in [0.3, 0.4) is 0 Å². The van der Waals surface area contributed by atoms with E-state index in [1.54, 1.807) is 13.8 Å². The highest BCUT2D eigenvalue weighted by molar-refractivity contribution is 6.66. The van der Waals surface area contributed by atoms with E-state index in [0.717, 1.165) is 18.5 Å². The molecule has 0 aromatic rings. The van der Waals surface area contributed by atoms with Gasteiger partial charge in [-0.1, -0.05) is 19.9 Å². The molecule has 106 valence electrons. The van der Waals surface area contributed by atoms with Gasteiger partial charge < -0.3 is 13.6 Å². The number of hydrogen-bond donors (Lipinski definition) is 0. The first kappa shape index (κ1) is 17.3. The summed E-state index contributed by atoms with van der Waals surface area (Å²) in [4.78, 5) is 11.2. The van der Waals surface area contributed by atoms with Gasteiger partial charge in [0, 0.05) is 26.0 Å². The lowest BCUT2D eigenvalue weighted by Gasteiger charge is -2.36. The molecule has 0 aliphatic rings. The molecule has 0 rings (SSSR count). The van der Waals surface area contributed by atoms with Gasteiger partial charge in [0.15, 0.2) is 0 Å². The largest absolute Gasteiger partial charge is 0.431 e. The molecule has 4 nitrogen and oxygen atoms in total. The molecular weight excluding hydrogens is 248 g/mol. The van der Waals surface area contributed by atoms with Crippen molar-refractivity contribution in [3.63, 3.8) is 0 Å². The van der Waals surface area contributed by atoms with Gasteiger partial charge in [0.05, 0.1) is 0 Å². The highest BCUT2D eigenvalue weighted by Crippen LogP contribution is 2.25. The smallest absolute Gasteiger partial charge is 0.338 e. The van der Waals surface area contributed by atoms with Crippen LogP contribution in [0.1, 0.15) is 41.0 Å². The highest BCUT2D eigenvalue weighted by Gasteiger charge is 2.39. The first-order valence-electron chi connectivity index (χ1n) is 6.37. The Kier molecular flexibility index (Phi) is 6.81. The second-order valence-corrected chi connectivity index (χ2v) is 8.38. The molecule has 0 aromatic heterocycles. The normalized spacial score (nSPS) is 15.3. The summed E-state index contributed by atoms with van der Waals surface area (Å²) in [5.74, 6) is -1.48. The van der Waals surface area contributed by atoms with Gasteiger partial charge >= 0.3 is 14.5 Å². The van der Waals surface area contributed by atoms with E-state index >= 15 is 0 Å². The lowest BCUT2D eigenvalue weighted by atomic mass is 10.4. The molecule has 0 radical (unpaired) electrons. The van der Waals surface area contributed by atoms with Crippen LogP contribution >= 0.6 is 0 Å². The average molecular weight is 274 g/mol. The Hall–Kier alpha value is -0.653. The number of esters is 1. The van der Waals surface area contributed by atoms with Crippen LogP contribution in [0.25, 0.3) is 0 Å². The predicted octanol–water partition coefficient (Wildman–Crippen LogP) is 3.38. The van der Waals surface area contributed by atoms with Crippen LogP contribution in [0.2, 0.25) is 12.6 Å². The highest BCUT2D eigenvalue weighted by atomic mass is 28.4. The van der Waals surface area contributed by atoms with Crippen LogP contribution in [0, 0.1) is 0 Å². The number of carbonyl (C=O) groups is 1. The van der Waals surface area contributed by atoms with Crippen LogP contribution < -0.4 is 0 Å². The maximum Gasteiger partial charge on any atom is 0.338 e. The average Bonchev–Trinajstić information content (AvgIpc) is 2.13. The third-order valence-corrected chi connectivity index (χ3v) is 5.47. The van der Waals surface area contributed by atoms with Crippen molar-refractivity contribution in [2.45, 2.75) is 65.5 Å². The summed E-state index contributed by atoms with van der Waals surface area (Å²) >= 11 is 0. The topological polar surface area (TPSA) is 44.8 Å². The third kappa shape index (κ3) is 6.93. The number of carbonyl (C=O) groups excluding carboxylic acids is 1. The summed E-state index contributed by atoms with van der Waals surface area (Å²) in [6.07, 6.45) is 2.20. The number of rotatable bonds is 8. The Balaban J connectivity index is 4.73. The SMILES string of the molecule is C=CC(=O)OC(C)(C)O[Si](C)(CCC)OC(C)C. The Bertz CT molecular complexity index is 289. The molecule has 5 heteroatoms. The Labute approximate surface area is 112 Å². The maximum atomic E-state index is 11.2. The van der Waals surface area contributed by atoms with Crippen molar-refractivity contribution in [2.75, 3.05) is 0 Å². The molecule has 0 bridgehead atoms. The van der Waals surface area contributed by atoms with Gasteiger partial charge in [-0.2, -0.15) is 0 Å². The fraction of sp³-hybridized carbons (Fsp3) is 0.769. The van der Waals surface area contributed by atoms with Crippen LogP contribution in [-0.4, -0.2) is 26.4 Å². The van der Waals surface area contributed by atoms with E-state index in [4.69, 9.17) is 13.6 Å². The van der Waals surface area contributed by atoms with Gasteiger partial charge in [-0.3, -0.25) is 0 Å². The minimum atomic E-state index is -2.34. The van der Waals surface area contributed by atoms with Gasteiger partial charge in [-0.05, 0) is 26.4 Å². The van der Waals surface area contributed by atoms with Crippen molar-refractivity contribution in [3.8, 4) is 0 Å². The van der Waals surface area contributed by atoms with E-state index in [1.165, 1.54) is 0 Å². The first-order valence-corrected chi connectivity index (χ1v) is 8.90. The zero-order chi connectivity index (χ0) is 14.4. The van der Waals surface area contributed by atoms with Gasteiger partial charge in [-0.25, -0.2) is 4.79 Å². The monoisotopic (exact) mass is 274 g/mol. The fourth-order valence-corrected chi connectivity index (χ4v) is 5.17. The minimum Gasteiger partial charge on any atom is -0.431 e. The van der Waals surface area contributed by atoms with Crippen LogP contribution in [0.5, 0.6) is 0 Å². The Morgan fingerprint density at radius 2 is 2.00 bits per heavy atom.